The zero-order valence-electron chi connectivity index (χ0n) is 12.1. The van der Waals surface area contributed by atoms with Crippen molar-refractivity contribution in [2.45, 2.75) is 34.6 Å². The molecule has 0 spiro atoms. The van der Waals surface area contributed by atoms with Crippen LogP contribution >= 0.6 is 0 Å². The third-order valence-electron chi connectivity index (χ3n) is 3.74. The van der Waals surface area contributed by atoms with Crippen LogP contribution in [0, 0.1) is 34.6 Å². The van der Waals surface area contributed by atoms with E-state index in [2.05, 4.69) is 34.6 Å². The van der Waals surface area contributed by atoms with Crippen molar-refractivity contribution in [1.82, 2.24) is 4.90 Å². The number of likely N-dealkylation sites (N-methyl/N-ethyl adjacent to an activating group) is 1. The Morgan fingerprint density at radius 1 is 0.824 bits per heavy atom. The maximum Gasteiger partial charge on any atom is 0.177 e. The van der Waals surface area contributed by atoms with Crippen molar-refractivity contribution in [1.29, 1.82) is 0 Å². The Kier molecular flexibility index (Phi) is 4.10. The minimum absolute atomic E-state index is 0.219. The molecule has 0 heterocycles. The molecule has 0 amide bonds. The van der Waals surface area contributed by atoms with Gasteiger partial charge in [0.15, 0.2) is 5.78 Å². The summed E-state index contributed by atoms with van der Waals surface area (Å²) in [6, 6.07) is 0. The van der Waals surface area contributed by atoms with Gasteiger partial charge in [-0.2, -0.15) is 0 Å². The zero-order valence-corrected chi connectivity index (χ0v) is 12.1. The van der Waals surface area contributed by atoms with Crippen molar-refractivity contribution >= 4 is 5.78 Å². The maximum absolute atomic E-state index is 12.3. The molecule has 0 radical (unpaired) electrons. The predicted octanol–water partition coefficient (Wildman–Crippen LogP) is 2.97. The van der Waals surface area contributed by atoms with Gasteiger partial charge in [0.2, 0.25) is 0 Å². The van der Waals surface area contributed by atoms with Gasteiger partial charge in [0, 0.05) is 5.56 Å². The number of hydrogen-bond acceptors (Lipinski definition) is 2. The lowest BCUT2D eigenvalue weighted by molar-refractivity contribution is 0.0956. The second kappa shape index (κ2) is 5.01. The first-order chi connectivity index (χ1) is 7.77. The summed E-state index contributed by atoms with van der Waals surface area (Å²) in [7, 11) is 3.85. The fraction of sp³-hybridized carbons (Fsp3) is 0.533. The minimum atomic E-state index is 0.219. The average molecular weight is 233 g/mol. The molecule has 0 aliphatic heterocycles. The smallest absolute Gasteiger partial charge is 0.177 e. The lowest BCUT2D eigenvalue weighted by Gasteiger charge is -2.19. The molecule has 0 fully saturated rings. The number of nitrogens with zero attached hydrogens (tertiary/aromatic N) is 1. The number of Topliss-reactive ketones (excluding diaryl/α,β-unsaturated/α-hetero) is 1. The number of hydrogen-bond donors (Lipinski definition) is 0. The van der Waals surface area contributed by atoms with Crippen molar-refractivity contribution < 1.29 is 4.79 Å². The Hall–Kier alpha value is -1.15. The SMILES string of the molecule is Cc1c(C)c(C)c(C(=O)CN(C)C)c(C)c1C. The van der Waals surface area contributed by atoms with Crippen LogP contribution in [0.4, 0.5) is 0 Å². The zero-order chi connectivity index (χ0) is 13.3. The van der Waals surface area contributed by atoms with Crippen LogP contribution in [0.3, 0.4) is 0 Å². The molecule has 17 heavy (non-hydrogen) atoms. The van der Waals surface area contributed by atoms with Gasteiger partial charge < -0.3 is 4.90 Å². The minimum Gasteiger partial charge on any atom is -0.302 e. The predicted molar refractivity (Wildman–Crippen MR) is 73.0 cm³/mol. The molecule has 1 aromatic carbocycles. The monoisotopic (exact) mass is 233 g/mol. The molecule has 0 saturated carbocycles. The van der Waals surface area contributed by atoms with Crippen LogP contribution in [-0.4, -0.2) is 31.3 Å². The molecule has 94 valence electrons. The Balaban J connectivity index is 3.39. The van der Waals surface area contributed by atoms with E-state index in [9.17, 15) is 4.79 Å². The third-order valence-corrected chi connectivity index (χ3v) is 3.74. The molecule has 0 N–H and O–H groups in total. The molecule has 0 saturated heterocycles. The molecule has 0 aliphatic rings. The van der Waals surface area contributed by atoms with Crippen LogP contribution in [0.25, 0.3) is 0 Å². The summed E-state index contributed by atoms with van der Waals surface area (Å²) in [5.41, 5.74) is 6.99. The van der Waals surface area contributed by atoms with Crippen LogP contribution in [0.15, 0.2) is 0 Å². The Morgan fingerprint density at radius 2 is 1.18 bits per heavy atom. The third kappa shape index (κ3) is 2.58. The second-order valence-electron chi connectivity index (χ2n) is 5.16. The summed E-state index contributed by atoms with van der Waals surface area (Å²) in [6.45, 7) is 10.9. The largest absolute Gasteiger partial charge is 0.302 e. The van der Waals surface area contributed by atoms with E-state index in [0.29, 0.717) is 6.54 Å². The molecule has 0 bridgehead atoms. The highest BCUT2D eigenvalue weighted by molar-refractivity contribution is 6.01. The van der Waals surface area contributed by atoms with Crippen LogP contribution in [0.5, 0.6) is 0 Å². The molecule has 0 atom stereocenters. The van der Waals surface area contributed by atoms with Crippen molar-refractivity contribution in [2.75, 3.05) is 20.6 Å². The van der Waals surface area contributed by atoms with Gasteiger partial charge in [0.05, 0.1) is 6.54 Å². The molecule has 0 unspecified atom stereocenters. The normalized spacial score (nSPS) is 11.1. The second-order valence-corrected chi connectivity index (χ2v) is 5.16. The average Bonchev–Trinajstić information content (AvgIpc) is 2.23. The number of rotatable bonds is 3. The lowest BCUT2D eigenvalue weighted by atomic mass is 9.87. The van der Waals surface area contributed by atoms with E-state index in [1.165, 1.54) is 16.7 Å². The molecule has 0 aromatic heterocycles. The fourth-order valence-corrected chi connectivity index (χ4v) is 2.28. The van der Waals surface area contributed by atoms with E-state index >= 15 is 0 Å². The van der Waals surface area contributed by atoms with E-state index < -0.39 is 0 Å². The Bertz CT molecular complexity index is 429. The van der Waals surface area contributed by atoms with Gasteiger partial charge in [-0.15, -0.1) is 0 Å². The molecule has 1 rings (SSSR count). The van der Waals surface area contributed by atoms with E-state index in [0.717, 1.165) is 16.7 Å². The van der Waals surface area contributed by atoms with Crippen molar-refractivity contribution in [3.05, 3.63) is 33.4 Å². The molecule has 2 nitrogen and oxygen atoms in total. The van der Waals surface area contributed by atoms with Crippen molar-refractivity contribution in [3.63, 3.8) is 0 Å². The Morgan fingerprint density at radius 3 is 1.53 bits per heavy atom. The van der Waals surface area contributed by atoms with Crippen LogP contribution in [0.1, 0.15) is 38.2 Å². The molecule has 0 aliphatic carbocycles. The number of ketones is 1. The van der Waals surface area contributed by atoms with E-state index in [1.54, 1.807) is 0 Å². The summed E-state index contributed by atoms with van der Waals surface area (Å²) in [5.74, 6) is 0.219. The Labute approximate surface area is 105 Å². The highest BCUT2D eigenvalue weighted by Crippen LogP contribution is 2.26. The first kappa shape index (κ1) is 13.9. The van der Waals surface area contributed by atoms with Gasteiger partial charge in [-0.1, -0.05) is 0 Å². The summed E-state index contributed by atoms with van der Waals surface area (Å²) in [4.78, 5) is 14.2. The standard InChI is InChI=1S/C15H23NO/c1-9-10(2)12(4)15(13(5)11(9)3)14(17)8-16(6)7/h8H2,1-7H3. The molecular formula is C15H23NO. The van der Waals surface area contributed by atoms with Gasteiger partial charge >= 0.3 is 0 Å². The molecular weight excluding hydrogens is 210 g/mol. The highest BCUT2D eigenvalue weighted by atomic mass is 16.1. The van der Waals surface area contributed by atoms with E-state index in [1.807, 2.05) is 19.0 Å². The first-order valence-electron chi connectivity index (χ1n) is 6.02. The van der Waals surface area contributed by atoms with Gasteiger partial charge in [0.25, 0.3) is 0 Å². The topological polar surface area (TPSA) is 20.3 Å². The summed E-state index contributed by atoms with van der Waals surface area (Å²) < 4.78 is 0. The summed E-state index contributed by atoms with van der Waals surface area (Å²) in [5, 5.41) is 0. The van der Waals surface area contributed by atoms with Crippen LogP contribution < -0.4 is 0 Å². The summed E-state index contributed by atoms with van der Waals surface area (Å²) in [6.07, 6.45) is 0. The summed E-state index contributed by atoms with van der Waals surface area (Å²) >= 11 is 0. The number of benzene rings is 1. The van der Waals surface area contributed by atoms with Gasteiger partial charge in [-0.25, -0.2) is 0 Å². The van der Waals surface area contributed by atoms with E-state index in [-0.39, 0.29) is 5.78 Å². The number of carbonyl (C=O) groups is 1. The van der Waals surface area contributed by atoms with Crippen molar-refractivity contribution in [2.24, 2.45) is 0 Å². The first-order valence-corrected chi connectivity index (χ1v) is 6.02. The fourth-order valence-electron chi connectivity index (χ4n) is 2.28. The molecule has 1 aromatic rings. The number of carbonyl (C=O) groups excluding carboxylic acids is 1. The van der Waals surface area contributed by atoms with Crippen LogP contribution in [0.2, 0.25) is 0 Å². The van der Waals surface area contributed by atoms with E-state index in [4.69, 9.17) is 0 Å². The van der Waals surface area contributed by atoms with Gasteiger partial charge in [0.1, 0.15) is 0 Å². The van der Waals surface area contributed by atoms with Gasteiger partial charge in [-0.05, 0) is 76.5 Å². The van der Waals surface area contributed by atoms with Crippen molar-refractivity contribution in [3.8, 4) is 0 Å². The maximum atomic E-state index is 12.3. The quantitative estimate of drug-likeness (QED) is 0.748. The molecule has 2 heteroatoms. The lowest BCUT2D eigenvalue weighted by Crippen LogP contribution is -2.23. The highest BCUT2D eigenvalue weighted by Gasteiger charge is 2.18. The van der Waals surface area contributed by atoms with Gasteiger partial charge in [-0.3, -0.25) is 4.79 Å². The van der Waals surface area contributed by atoms with Crippen LogP contribution in [-0.2, 0) is 0 Å².